The molecule has 2 N–H and O–H groups in total. The maximum atomic E-state index is 12.0. The van der Waals surface area contributed by atoms with Crippen LogP contribution in [0.4, 0.5) is 5.69 Å². The van der Waals surface area contributed by atoms with E-state index in [9.17, 15) is 9.59 Å². The van der Waals surface area contributed by atoms with E-state index in [1.54, 1.807) is 31.2 Å². The van der Waals surface area contributed by atoms with Crippen LogP contribution in [0.1, 0.15) is 45.4 Å². The fraction of sp³-hybridized carbons (Fsp3) is 0.333. The summed E-state index contributed by atoms with van der Waals surface area (Å²) >= 11 is 1.23. The SMILES string of the molecule is CC[C@@H](C)NC(=O)c1ccc(NC(=O)c2nnc(C)s2)cc1. The molecule has 0 saturated heterocycles. The van der Waals surface area contributed by atoms with Gasteiger partial charge in [0.05, 0.1) is 0 Å². The van der Waals surface area contributed by atoms with Crippen LogP contribution < -0.4 is 10.6 Å². The van der Waals surface area contributed by atoms with Crippen molar-refractivity contribution >= 4 is 28.8 Å². The number of aryl methyl sites for hydroxylation is 1. The third-order valence-electron chi connectivity index (χ3n) is 3.12. The highest BCUT2D eigenvalue weighted by Crippen LogP contribution is 2.14. The number of anilines is 1. The molecule has 2 aromatic rings. The lowest BCUT2D eigenvalue weighted by molar-refractivity contribution is 0.0938. The summed E-state index contributed by atoms with van der Waals surface area (Å²) in [6.07, 6.45) is 0.876. The van der Waals surface area contributed by atoms with Gasteiger partial charge in [0, 0.05) is 17.3 Å². The zero-order valence-electron chi connectivity index (χ0n) is 12.7. The summed E-state index contributed by atoms with van der Waals surface area (Å²) in [5, 5.41) is 14.3. The second-order valence-electron chi connectivity index (χ2n) is 4.94. The first-order valence-electron chi connectivity index (χ1n) is 7.02. The molecule has 0 spiro atoms. The van der Waals surface area contributed by atoms with E-state index in [-0.39, 0.29) is 17.9 Å². The molecule has 0 aliphatic rings. The molecule has 0 bridgehead atoms. The molecule has 2 amide bonds. The van der Waals surface area contributed by atoms with Gasteiger partial charge in [-0.15, -0.1) is 10.2 Å². The van der Waals surface area contributed by atoms with Crippen molar-refractivity contribution in [2.45, 2.75) is 33.2 Å². The van der Waals surface area contributed by atoms with Gasteiger partial charge < -0.3 is 10.6 Å². The molecule has 1 atom stereocenters. The molecule has 0 fully saturated rings. The molecule has 0 saturated carbocycles. The molecule has 7 heteroatoms. The van der Waals surface area contributed by atoms with Crippen LogP contribution in [0, 0.1) is 6.92 Å². The lowest BCUT2D eigenvalue weighted by atomic mass is 10.1. The standard InChI is InChI=1S/C15H18N4O2S/c1-4-9(2)16-13(20)11-5-7-12(8-6-11)17-14(21)15-19-18-10(3)22-15/h5-9H,4H2,1-3H3,(H,16,20)(H,17,21)/t9-/m1/s1. The number of benzene rings is 1. The molecule has 0 unspecified atom stereocenters. The highest BCUT2D eigenvalue weighted by Gasteiger charge is 2.12. The molecule has 1 heterocycles. The minimum Gasteiger partial charge on any atom is -0.350 e. The van der Waals surface area contributed by atoms with E-state index in [2.05, 4.69) is 20.8 Å². The van der Waals surface area contributed by atoms with E-state index in [1.807, 2.05) is 13.8 Å². The molecule has 116 valence electrons. The normalized spacial score (nSPS) is 11.8. The van der Waals surface area contributed by atoms with Crippen LogP contribution in [0.3, 0.4) is 0 Å². The number of carbonyl (C=O) groups is 2. The third-order valence-corrected chi connectivity index (χ3v) is 3.95. The van der Waals surface area contributed by atoms with Crippen molar-refractivity contribution in [1.82, 2.24) is 15.5 Å². The van der Waals surface area contributed by atoms with Crippen molar-refractivity contribution in [1.29, 1.82) is 0 Å². The summed E-state index contributed by atoms with van der Waals surface area (Å²) in [5.74, 6) is -0.422. The van der Waals surface area contributed by atoms with E-state index in [4.69, 9.17) is 0 Å². The van der Waals surface area contributed by atoms with Crippen LogP contribution in [0.25, 0.3) is 0 Å². The first kappa shape index (κ1) is 16.1. The predicted molar refractivity (Wildman–Crippen MR) is 86.3 cm³/mol. The maximum absolute atomic E-state index is 12.0. The molecular weight excluding hydrogens is 300 g/mol. The zero-order valence-corrected chi connectivity index (χ0v) is 13.5. The first-order valence-corrected chi connectivity index (χ1v) is 7.83. The van der Waals surface area contributed by atoms with Gasteiger partial charge in [0.1, 0.15) is 5.01 Å². The van der Waals surface area contributed by atoms with Crippen LogP contribution in [-0.4, -0.2) is 28.1 Å². The predicted octanol–water partition coefficient (Wildman–Crippen LogP) is 2.63. The molecule has 0 radical (unpaired) electrons. The van der Waals surface area contributed by atoms with Gasteiger partial charge in [-0.1, -0.05) is 18.3 Å². The topological polar surface area (TPSA) is 84.0 Å². The van der Waals surface area contributed by atoms with Gasteiger partial charge in [0.2, 0.25) is 5.01 Å². The van der Waals surface area contributed by atoms with Gasteiger partial charge in [0.25, 0.3) is 11.8 Å². The molecule has 22 heavy (non-hydrogen) atoms. The van der Waals surface area contributed by atoms with E-state index >= 15 is 0 Å². The summed E-state index contributed by atoms with van der Waals surface area (Å²) in [4.78, 5) is 23.9. The lowest BCUT2D eigenvalue weighted by Gasteiger charge is -2.11. The minimum atomic E-state index is -0.303. The van der Waals surface area contributed by atoms with Gasteiger partial charge >= 0.3 is 0 Å². The number of rotatable bonds is 5. The van der Waals surface area contributed by atoms with E-state index in [0.29, 0.717) is 16.3 Å². The van der Waals surface area contributed by atoms with Crippen molar-refractivity contribution in [3.63, 3.8) is 0 Å². The van der Waals surface area contributed by atoms with Crippen molar-refractivity contribution in [2.75, 3.05) is 5.32 Å². The fourth-order valence-corrected chi connectivity index (χ4v) is 2.27. The summed E-state index contributed by atoms with van der Waals surface area (Å²) in [6, 6.07) is 6.87. The van der Waals surface area contributed by atoms with Gasteiger partial charge in [-0.25, -0.2) is 0 Å². The van der Waals surface area contributed by atoms with Gasteiger partial charge in [-0.3, -0.25) is 9.59 Å². The second-order valence-corrected chi connectivity index (χ2v) is 6.12. The molecule has 0 aliphatic heterocycles. The van der Waals surface area contributed by atoms with Crippen molar-refractivity contribution in [3.8, 4) is 0 Å². The largest absolute Gasteiger partial charge is 0.350 e. The van der Waals surface area contributed by atoms with Crippen LogP contribution in [0.15, 0.2) is 24.3 Å². The highest BCUT2D eigenvalue weighted by molar-refractivity contribution is 7.13. The smallest absolute Gasteiger partial charge is 0.286 e. The quantitative estimate of drug-likeness (QED) is 0.887. The number of aromatic nitrogens is 2. The molecule has 0 aliphatic carbocycles. The number of nitrogens with one attached hydrogen (secondary N) is 2. The highest BCUT2D eigenvalue weighted by atomic mass is 32.1. The fourth-order valence-electron chi connectivity index (χ4n) is 1.69. The monoisotopic (exact) mass is 318 g/mol. The second kappa shape index (κ2) is 7.13. The Morgan fingerprint density at radius 1 is 1.18 bits per heavy atom. The van der Waals surface area contributed by atoms with Crippen molar-refractivity contribution in [3.05, 3.63) is 39.8 Å². The Bertz CT molecular complexity index is 666. The van der Waals surface area contributed by atoms with Gasteiger partial charge in [-0.05, 0) is 44.5 Å². The Kier molecular flexibility index (Phi) is 5.21. The van der Waals surface area contributed by atoms with Crippen molar-refractivity contribution in [2.24, 2.45) is 0 Å². The van der Waals surface area contributed by atoms with Gasteiger partial charge in [-0.2, -0.15) is 0 Å². The molecule has 2 rings (SSSR count). The van der Waals surface area contributed by atoms with E-state index in [1.165, 1.54) is 11.3 Å². The number of nitrogens with zero attached hydrogens (tertiary/aromatic N) is 2. The van der Waals surface area contributed by atoms with Crippen LogP contribution in [-0.2, 0) is 0 Å². The van der Waals surface area contributed by atoms with Crippen LogP contribution in [0.2, 0.25) is 0 Å². The Balaban J connectivity index is 2.00. The maximum Gasteiger partial charge on any atom is 0.286 e. The zero-order chi connectivity index (χ0) is 16.1. The average molecular weight is 318 g/mol. The Labute approximate surface area is 133 Å². The average Bonchev–Trinajstić information content (AvgIpc) is 2.94. The Morgan fingerprint density at radius 2 is 1.86 bits per heavy atom. The molecule has 6 nitrogen and oxygen atoms in total. The number of amides is 2. The van der Waals surface area contributed by atoms with E-state index in [0.717, 1.165) is 11.4 Å². The summed E-state index contributed by atoms with van der Waals surface area (Å²) in [5.41, 5.74) is 1.17. The lowest BCUT2D eigenvalue weighted by Crippen LogP contribution is -2.31. The van der Waals surface area contributed by atoms with E-state index < -0.39 is 0 Å². The summed E-state index contributed by atoms with van der Waals surface area (Å²) in [6.45, 7) is 5.76. The summed E-state index contributed by atoms with van der Waals surface area (Å²) in [7, 11) is 0. The van der Waals surface area contributed by atoms with Crippen LogP contribution in [0.5, 0.6) is 0 Å². The van der Waals surface area contributed by atoms with Crippen LogP contribution >= 0.6 is 11.3 Å². The van der Waals surface area contributed by atoms with Crippen molar-refractivity contribution < 1.29 is 9.59 Å². The minimum absolute atomic E-state index is 0.119. The summed E-state index contributed by atoms with van der Waals surface area (Å²) < 4.78 is 0. The number of hydrogen-bond donors (Lipinski definition) is 2. The Morgan fingerprint density at radius 3 is 2.41 bits per heavy atom. The molecular formula is C15H18N4O2S. The number of carbonyl (C=O) groups excluding carboxylic acids is 2. The Hall–Kier alpha value is -2.28. The molecule has 1 aromatic carbocycles. The van der Waals surface area contributed by atoms with Gasteiger partial charge in [0.15, 0.2) is 0 Å². The third kappa shape index (κ3) is 4.11. The molecule has 1 aromatic heterocycles. The first-order chi connectivity index (χ1) is 10.5. The number of hydrogen-bond acceptors (Lipinski definition) is 5.